The van der Waals surface area contributed by atoms with E-state index in [0.29, 0.717) is 22.5 Å². The van der Waals surface area contributed by atoms with Gasteiger partial charge in [-0.25, -0.2) is 0 Å². The predicted molar refractivity (Wildman–Crippen MR) is 84.2 cm³/mol. The number of amides is 1. The predicted octanol–water partition coefficient (Wildman–Crippen LogP) is 3.32. The molecule has 0 radical (unpaired) electrons. The van der Waals surface area contributed by atoms with Crippen LogP contribution in [0, 0.1) is 32.1 Å². The van der Waals surface area contributed by atoms with Crippen LogP contribution in [0.5, 0.6) is 0 Å². The summed E-state index contributed by atoms with van der Waals surface area (Å²) in [5.41, 5.74) is 10.9. The van der Waals surface area contributed by atoms with Gasteiger partial charge in [0.15, 0.2) is 0 Å². The van der Waals surface area contributed by atoms with Gasteiger partial charge in [-0.3, -0.25) is 4.79 Å². The van der Waals surface area contributed by atoms with Crippen molar-refractivity contribution >= 4 is 17.3 Å². The van der Waals surface area contributed by atoms with Crippen molar-refractivity contribution in [3.8, 4) is 6.07 Å². The Morgan fingerprint density at radius 1 is 1.10 bits per heavy atom. The molecule has 2 aromatic carbocycles. The van der Waals surface area contributed by atoms with Gasteiger partial charge >= 0.3 is 0 Å². The summed E-state index contributed by atoms with van der Waals surface area (Å²) in [6.45, 7) is 5.66. The first-order valence-electron chi connectivity index (χ1n) is 6.61. The van der Waals surface area contributed by atoms with E-state index in [9.17, 15) is 4.79 Å². The number of carbonyl (C=O) groups excluding carboxylic acids is 1. The molecule has 0 atom stereocenters. The Bertz CT molecular complexity index is 757. The molecule has 0 aliphatic carbocycles. The van der Waals surface area contributed by atoms with Crippen LogP contribution in [0.3, 0.4) is 0 Å². The number of nitrogen functional groups attached to an aromatic ring is 1. The SMILES string of the molecule is Cc1cc(C)c(C(=O)Nc2cc(C#N)ccc2C)cc1N. The molecule has 2 rings (SSSR count). The zero-order valence-electron chi connectivity index (χ0n) is 12.3. The molecular formula is C17H17N3O. The Balaban J connectivity index is 2.35. The second kappa shape index (κ2) is 5.68. The summed E-state index contributed by atoms with van der Waals surface area (Å²) in [7, 11) is 0. The maximum atomic E-state index is 12.4. The molecule has 0 bridgehead atoms. The summed E-state index contributed by atoms with van der Waals surface area (Å²) in [6, 6.07) is 10.8. The van der Waals surface area contributed by atoms with E-state index in [0.717, 1.165) is 16.7 Å². The van der Waals surface area contributed by atoms with Gasteiger partial charge < -0.3 is 11.1 Å². The molecule has 0 fully saturated rings. The zero-order chi connectivity index (χ0) is 15.6. The summed E-state index contributed by atoms with van der Waals surface area (Å²) >= 11 is 0. The lowest BCUT2D eigenvalue weighted by Crippen LogP contribution is -2.15. The molecule has 0 saturated heterocycles. The number of nitriles is 1. The summed E-state index contributed by atoms with van der Waals surface area (Å²) in [4.78, 5) is 12.4. The molecule has 0 saturated carbocycles. The lowest BCUT2D eigenvalue weighted by Gasteiger charge is -2.12. The van der Waals surface area contributed by atoms with Crippen molar-refractivity contribution in [2.75, 3.05) is 11.1 Å². The van der Waals surface area contributed by atoms with Crippen molar-refractivity contribution in [2.45, 2.75) is 20.8 Å². The average Bonchev–Trinajstić information content (AvgIpc) is 2.45. The minimum absolute atomic E-state index is 0.225. The molecule has 4 heteroatoms. The number of nitrogens with one attached hydrogen (secondary N) is 1. The van der Waals surface area contributed by atoms with Crippen LogP contribution in [-0.4, -0.2) is 5.91 Å². The Kier molecular flexibility index (Phi) is 3.95. The van der Waals surface area contributed by atoms with E-state index in [1.165, 1.54) is 0 Å². The summed E-state index contributed by atoms with van der Waals surface area (Å²) in [5, 5.41) is 11.8. The van der Waals surface area contributed by atoms with Gasteiger partial charge in [0.25, 0.3) is 5.91 Å². The number of aryl methyl sites for hydroxylation is 3. The summed E-state index contributed by atoms with van der Waals surface area (Å²) in [6.07, 6.45) is 0. The second-order valence-corrected chi connectivity index (χ2v) is 5.12. The first-order valence-corrected chi connectivity index (χ1v) is 6.61. The highest BCUT2D eigenvalue weighted by Crippen LogP contribution is 2.21. The molecule has 1 amide bonds. The molecule has 3 N–H and O–H groups in total. The Morgan fingerprint density at radius 3 is 2.48 bits per heavy atom. The minimum Gasteiger partial charge on any atom is -0.398 e. The van der Waals surface area contributed by atoms with Gasteiger partial charge in [0.2, 0.25) is 0 Å². The third-order valence-electron chi connectivity index (χ3n) is 3.47. The van der Waals surface area contributed by atoms with Crippen LogP contribution in [0.15, 0.2) is 30.3 Å². The molecule has 21 heavy (non-hydrogen) atoms. The molecule has 0 heterocycles. The molecule has 0 aliphatic heterocycles. The van der Waals surface area contributed by atoms with E-state index >= 15 is 0 Å². The molecule has 0 aliphatic rings. The highest BCUT2D eigenvalue weighted by Gasteiger charge is 2.12. The van der Waals surface area contributed by atoms with Crippen LogP contribution in [-0.2, 0) is 0 Å². The number of benzene rings is 2. The van der Waals surface area contributed by atoms with Gasteiger partial charge in [-0.1, -0.05) is 12.1 Å². The summed E-state index contributed by atoms with van der Waals surface area (Å²) in [5.74, 6) is -0.225. The molecule has 4 nitrogen and oxygen atoms in total. The minimum atomic E-state index is -0.225. The molecular weight excluding hydrogens is 262 g/mol. The van der Waals surface area contributed by atoms with E-state index in [1.807, 2.05) is 32.9 Å². The van der Waals surface area contributed by atoms with Crippen LogP contribution in [0.2, 0.25) is 0 Å². The van der Waals surface area contributed by atoms with Gasteiger partial charge in [-0.2, -0.15) is 5.26 Å². The fraction of sp³-hybridized carbons (Fsp3) is 0.176. The molecule has 0 unspecified atom stereocenters. The van der Waals surface area contributed by atoms with E-state index < -0.39 is 0 Å². The highest BCUT2D eigenvalue weighted by atomic mass is 16.1. The fourth-order valence-corrected chi connectivity index (χ4v) is 2.13. The normalized spacial score (nSPS) is 10.0. The van der Waals surface area contributed by atoms with Crippen molar-refractivity contribution in [1.29, 1.82) is 5.26 Å². The monoisotopic (exact) mass is 279 g/mol. The molecule has 106 valence electrons. The standard InChI is InChI=1S/C17H17N3O/c1-10-4-5-13(9-18)7-16(10)20-17(21)14-8-15(19)12(3)6-11(14)2/h4-8H,19H2,1-3H3,(H,20,21). The van der Waals surface area contributed by atoms with Crippen LogP contribution in [0.1, 0.15) is 32.6 Å². The topological polar surface area (TPSA) is 78.9 Å². The number of nitrogens with two attached hydrogens (primary N) is 1. The van der Waals surface area contributed by atoms with Gasteiger partial charge in [-0.15, -0.1) is 0 Å². The Labute approximate surface area is 124 Å². The highest BCUT2D eigenvalue weighted by molar-refractivity contribution is 6.06. The third-order valence-corrected chi connectivity index (χ3v) is 3.47. The lowest BCUT2D eigenvalue weighted by atomic mass is 10.0. The van der Waals surface area contributed by atoms with Crippen LogP contribution >= 0.6 is 0 Å². The van der Waals surface area contributed by atoms with Crippen molar-refractivity contribution < 1.29 is 4.79 Å². The molecule has 0 spiro atoms. The van der Waals surface area contributed by atoms with Crippen molar-refractivity contribution in [3.63, 3.8) is 0 Å². The van der Waals surface area contributed by atoms with Gasteiger partial charge in [-0.05, 0) is 55.7 Å². The van der Waals surface area contributed by atoms with E-state index in [2.05, 4.69) is 11.4 Å². The van der Waals surface area contributed by atoms with Crippen LogP contribution < -0.4 is 11.1 Å². The number of hydrogen-bond donors (Lipinski definition) is 2. The number of rotatable bonds is 2. The first kappa shape index (κ1) is 14.6. The molecule has 0 aromatic heterocycles. The summed E-state index contributed by atoms with van der Waals surface area (Å²) < 4.78 is 0. The van der Waals surface area contributed by atoms with Crippen molar-refractivity contribution in [3.05, 3.63) is 58.1 Å². The van der Waals surface area contributed by atoms with Gasteiger partial charge in [0.1, 0.15) is 0 Å². The number of hydrogen-bond acceptors (Lipinski definition) is 3. The van der Waals surface area contributed by atoms with E-state index in [4.69, 9.17) is 11.0 Å². The Morgan fingerprint density at radius 2 is 1.81 bits per heavy atom. The van der Waals surface area contributed by atoms with Gasteiger partial charge in [0, 0.05) is 16.9 Å². The van der Waals surface area contributed by atoms with E-state index in [-0.39, 0.29) is 5.91 Å². The smallest absolute Gasteiger partial charge is 0.256 e. The molecule has 2 aromatic rings. The first-order chi connectivity index (χ1) is 9.92. The Hall–Kier alpha value is -2.80. The quantitative estimate of drug-likeness (QED) is 0.828. The second-order valence-electron chi connectivity index (χ2n) is 5.12. The lowest BCUT2D eigenvalue weighted by molar-refractivity contribution is 0.102. The fourth-order valence-electron chi connectivity index (χ4n) is 2.13. The largest absolute Gasteiger partial charge is 0.398 e. The maximum Gasteiger partial charge on any atom is 0.256 e. The average molecular weight is 279 g/mol. The zero-order valence-corrected chi connectivity index (χ0v) is 12.3. The van der Waals surface area contributed by atoms with Gasteiger partial charge in [0.05, 0.1) is 11.6 Å². The number of anilines is 2. The number of nitrogens with zero attached hydrogens (tertiary/aromatic N) is 1. The van der Waals surface area contributed by atoms with Crippen molar-refractivity contribution in [2.24, 2.45) is 0 Å². The van der Waals surface area contributed by atoms with E-state index in [1.54, 1.807) is 18.2 Å². The number of carbonyl (C=O) groups is 1. The van der Waals surface area contributed by atoms with Crippen LogP contribution in [0.25, 0.3) is 0 Å². The van der Waals surface area contributed by atoms with Crippen molar-refractivity contribution in [1.82, 2.24) is 0 Å². The van der Waals surface area contributed by atoms with Crippen LogP contribution in [0.4, 0.5) is 11.4 Å². The maximum absolute atomic E-state index is 12.4. The third kappa shape index (κ3) is 3.03.